The summed E-state index contributed by atoms with van der Waals surface area (Å²) in [7, 11) is -4.34. The van der Waals surface area contributed by atoms with Gasteiger partial charge in [0.15, 0.2) is 0 Å². The SMILES string of the molecule is O=C1N[C@@](c2ccccc2)(c2ccc(-c3ccc(S(=O)(=O)O)cc3)c(O)c2)[C@H]1CC[C@H](O)c1ccccc1Cl. The number of β-lactam (4-membered cyclic amide) rings is 1. The molecule has 3 atom stereocenters. The zero-order valence-corrected chi connectivity index (χ0v) is 22.2. The number of nitrogens with one attached hydrogen (secondary N) is 1. The molecule has 0 saturated carbocycles. The van der Waals surface area contributed by atoms with Crippen molar-refractivity contribution in [2.45, 2.75) is 29.4 Å². The van der Waals surface area contributed by atoms with E-state index in [-0.39, 0.29) is 16.6 Å². The highest BCUT2D eigenvalue weighted by molar-refractivity contribution is 7.85. The molecule has 1 heterocycles. The molecule has 39 heavy (non-hydrogen) atoms. The van der Waals surface area contributed by atoms with Gasteiger partial charge in [-0.05, 0) is 59.4 Å². The van der Waals surface area contributed by atoms with Gasteiger partial charge in [0, 0.05) is 10.6 Å². The summed E-state index contributed by atoms with van der Waals surface area (Å²) in [6, 6.07) is 27.1. The predicted octanol–water partition coefficient (Wildman–Crippen LogP) is 5.46. The van der Waals surface area contributed by atoms with Gasteiger partial charge >= 0.3 is 0 Å². The second-order valence-corrected chi connectivity index (χ2v) is 11.4. The number of aliphatic hydroxyl groups excluding tert-OH is 1. The van der Waals surface area contributed by atoms with Crippen LogP contribution in [0.4, 0.5) is 0 Å². The molecule has 1 amide bonds. The number of phenolic OH excluding ortho intramolecular Hbond substituents is 1. The van der Waals surface area contributed by atoms with Gasteiger partial charge in [0.05, 0.1) is 16.9 Å². The predicted molar refractivity (Wildman–Crippen MR) is 148 cm³/mol. The monoisotopic (exact) mass is 563 g/mol. The second kappa shape index (κ2) is 10.5. The number of hydrogen-bond donors (Lipinski definition) is 4. The quantitative estimate of drug-likeness (QED) is 0.167. The molecule has 7 nitrogen and oxygen atoms in total. The summed E-state index contributed by atoms with van der Waals surface area (Å²) >= 11 is 6.26. The summed E-state index contributed by atoms with van der Waals surface area (Å²) in [5.41, 5.74) is 2.19. The molecule has 4 N–H and O–H groups in total. The van der Waals surface area contributed by atoms with E-state index in [1.54, 1.807) is 36.4 Å². The van der Waals surface area contributed by atoms with Crippen LogP contribution in [0, 0.1) is 5.92 Å². The molecule has 1 saturated heterocycles. The van der Waals surface area contributed by atoms with Gasteiger partial charge in [-0.25, -0.2) is 0 Å². The first-order valence-corrected chi connectivity index (χ1v) is 14.1. The lowest BCUT2D eigenvalue weighted by atomic mass is 9.64. The lowest BCUT2D eigenvalue weighted by Crippen LogP contribution is -2.67. The maximum Gasteiger partial charge on any atom is 0.294 e. The molecule has 4 aromatic rings. The number of halogens is 1. The fourth-order valence-electron chi connectivity index (χ4n) is 5.30. The average molecular weight is 564 g/mol. The molecule has 1 aliphatic heterocycles. The van der Waals surface area contributed by atoms with E-state index in [2.05, 4.69) is 5.32 Å². The first kappa shape index (κ1) is 26.9. The number of aliphatic hydroxyl groups is 1. The fourth-order valence-corrected chi connectivity index (χ4v) is 6.04. The summed E-state index contributed by atoms with van der Waals surface area (Å²) in [6.45, 7) is 0. The Balaban J connectivity index is 1.49. The molecule has 0 aliphatic carbocycles. The van der Waals surface area contributed by atoms with Crippen molar-refractivity contribution >= 4 is 27.6 Å². The Morgan fingerprint density at radius 2 is 1.56 bits per heavy atom. The van der Waals surface area contributed by atoms with E-state index >= 15 is 0 Å². The number of rotatable bonds is 8. The zero-order valence-electron chi connectivity index (χ0n) is 20.7. The molecule has 0 radical (unpaired) electrons. The van der Waals surface area contributed by atoms with Crippen molar-refractivity contribution in [2.24, 2.45) is 5.92 Å². The van der Waals surface area contributed by atoms with Gasteiger partial charge in [-0.2, -0.15) is 8.42 Å². The second-order valence-electron chi connectivity index (χ2n) is 9.56. The molecule has 1 fully saturated rings. The number of hydrogen-bond acceptors (Lipinski definition) is 5. The van der Waals surface area contributed by atoms with Gasteiger partial charge in [-0.1, -0.05) is 84.4 Å². The third-order valence-corrected chi connectivity index (χ3v) is 8.51. The normalized spacial score (nSPS) is 19.7. The lowest BCUT2D eigenvalue weighted by Gasteiger charge is -2.50. The van der Waals surface area contributed by atoms with Crippen molar-refractivity contribution < 1.29 is 28.0 Å². The highest BCUT2D eigenvalue weighted by Crippen LogP contribution is 2.48. The summed E-state index contributed by atoms with van der Waals surface area (Å²) in [6.07, 6.45) is -0.171. The van der Waals surface area contributed by atoms with Crippen LogP contribution in [0.25, 0.3) is 11.1 Å². The number of carbonyl (C=O) groups is 1. The van der Waals surface area contributed by atoms with Gasteiger partial charge in [0.25, 0.3) is 10.1 Å². The zero-order chi connectivity index (χ0) is 27.8. The van der Waals surface area contributed by atoms with Gasteiger partial charge < -0.3 is 15.5 Å². The maximum atomic E-state index is 12.9. The third-order valence-electron chi connectivity index (χ3n) is 7.30. The van der Waals surface area contributed by atoms with Crippen LogP contribution in [0.15, 0.2) is 102 Å². The summed E-state index contributed by atoms with van der Waals surface area (Å²) in [5, 5.41) is 25.4. The first-order valence-electron chi connectivity index (χ1n) is 12.3. The molecule has 1 aliphatic rings. The molecule has 0 unspecified atom stereocenters. The number of aromatic hydroxyl groups is 1. The van der Waals surface area contributed by atoms with E-state index in [0.29, 0.717) is 40.1 Å². The van der Waals surface area contributed by atoms with Crippen molar-refractivity contribution in [1.82, 2.24) is 5.32 Å². The molecule has 9 heteroatoms. The molecule has 5 rings (SSSR count). The largest absolute Gasteiger partial charge is 0.507 e. The molecule has 200 valence electrons. The molecular formula is C30H26ClNO6S. The van der Waals surface area contributed by atoms with Gasteiger partial charge in [0.2, 0.25) is 5.91 Å². The summed E-state index contributed by atoms with van der Waals surface area (Å²) < 4.78 is 32.0. The Labute approximate surface area is 231 Å². The topological polar surface area (TPSA) is 124 Å². The number of carbonyl (C=O) groups excluding carboxylic acids is 1. The maximum absolute atomic E-state index is 12.9. The van der Waals surface area contributed by atoms with Crippen LogP contribution in [-0.2, 0) is 20.5 Å². The van der Waals surface area contributed by atoms with E-state index in [9.17, 15) is 28.0 Å². The molecule has 4 aromatic carbocycles. The Bertz CT molecular complexity index is 1630. The lowest BCUT2D eigenvalue weighted by molar-refractivity contribution is -0.140. The van der Waals surface area contributed by atoms with E-state index in [0.717, 1.165) is 5.56 Å². The van der Waals surface area contributed by atoms with Crippen molar-refractivity contribution in [1.29, 1.82) is 0 Å². The third kappa shape index (κ3) is 5.04. The van der Waals surface area contributed by atoms with Crippen molar-refractivity contribution in [3.05, 3.63) is 119 Å². The van der Waals surface area contributed by atoms with Gasteiger partial charge in [-0.3, -0.25) is 9.35 Å². The Hall–Kier alpha value is -3.69. The minimum Gasteiger partial charge on any atom is -0.507 e. The summed E-state index contributed by atoms with van der Waals surface area (Å²) in [5.74, 6) is -0.732. The minimum atomic E-state index is -4.34. The van der Waals surface area contributed by atoms with Crippen molar-refractivity contribution in [2.75, 3.05) is 0 Å². The fraction of sp³-hybridized carbons (Fsp3) is 0.167. The average Bonchev–Trinajstić information content (AvgIpc) is 2.92. The number of benzene rings is 4. The van der Waals surface area contributed by atoms with Crippen LogP contribution in [0.1, 0.15) is 35.6 Å². The smallest absolute Gasteiger partial charge is 0.294 e. The summed E-state index contributed by atoms with van der Waals surface area (Å²) in [4.78, 5) is 12.7. The van der Waals surface area contributed by atoms with Crippen molar-refractivity contribution in [3.8, 4) is 16.9 Å². The number of amides is 1. The van der Waals surface area contributed by atoms with Crippen LogP contribution < -0.4 is 5.32 Å². The van der Waals surface area contributed by atoms with Gasteiger partial charge in [-0.15, -0.1) is 0 Å². The minimum absolute atomic E-state index is 0.0570. The van der Waals surface area contributed by atoms with E-state index in [4.69, 9.17) is 11.6 Å². The van der Waals surface area contributed by atoms with Crippen LogP contribution in [0.3, 0.4) is 0 Å². The van der Waals surface area contributed by atoms with Crippen LogP contribution in [0.2, 0.25) is 5.02 Å². The highest BCUT2D eigenvalue weighted by atomic mass is 35.5. The standard InChI is InChI=1S/C30H26ClNO6S/c31-26-9-5-4-8-24(26)27(33)17-16-25-29(35)32-30(25,20-6-2-1-3-7-20)21-12-15-23(28(34)18-21)19-10-13-22(14-11-19)39(36,37)38/h1-15,18,25,27,33-34H,16-17H2,(H,32,35)(H,36,37,38)/t25-,27-,30-/m0/s1. The van der Waals surface area contributed by atoms with Gasteiger partial charge in [0.1, 0.15) is 11.3 Å². The Kier molecular flexibility index (Phi) is 7.22. The van der Waals surface area contributed by atoms with E-state index in [1.807, 2.05) is 36.4 Å². The molecule has 0 bridgehead atoms. The van der Waals surface area contributed by atoms with Crippen LogP contribution in [0.5, 0.6) is 5.75 Å². The van der Waals surface area contributed by atoms with E-state index in [1.165, 1.54) is 24.3 Å². The first-order chi connectivity index (χ1) is 18.6. The van der Waals surface area contributed by atoms with Crippen LogP contribution >= 0.6 is 11.6 Å². The molecule has 0 spiro atoms. The molecule has 0 aromatic heterocycles. The molecular weight excluding hydrogens is 538 g/mol. The van der Waals surface area contributed by atoms with Crippen molar-refractivity contribution in [3.63, 3.8) is 0 Å². The number of phenols is 1. The highest BCUT2D eigenvalue weighted by Gasteiger charge is 2.55. The van der Waals surface area contributed by atoms with E-state index < -0.39 is 27.7 Å². The Morgan fingerprint density at radius 1 is 0.897 bits per heavy atom. The van der Waals surface area contributed by atoms with Crippen LogP contribution in [-0.4, -0.2) is 29.1 Å². The Morgan fingerprint density at radius 3 is 2.18 bits per heavy atom.